The zero-order valence-corrected chi connectivity index (χ0v) is 9.23. The molecule has 1 aliphatic rings. The average Bonchev–Trinajstić information content (AvgIpc) is 2.97. The topological polar surface area (TPSA) is 68.8 Å². The van der Waals surface area contributed by atoms with E-state index in [2.05, 4.69) is 20.0 Å². The van der Waals surface area contributed by atoms with Crippen LogP contribution >= 0.6 is 0 Å². The standard InChI is InChI=1S/C10H12N6O/c17-10(7-16-12-8-11-13-16)15-5-4-14-3-1-2-9(14)6-15/h1-3,8H,4-7H2. The van der Waals surface area contributed by atoms with Gasteiger partial charge in [-0.15, -0.1) is 10.2 Å². The van der Waals surface area contributed by atoms with Crippen LogP contribution in [0.2, 0.25) is 0 Å². The molecule has 88 valence electrons. The Labute approximate surface area is 97.6 Å². The maximum atomic E-state index is 12.0. The third kappa shape index (κ3) is 1.91. The van der Waals surface area contributed by atoms with E-state index in [0.717, 1.165) is 18.8 Å². The summed E-state index contributed by atoms with van der Waals surface area (Å²) in [5.41, 5.74) is 1.16. The first kappa shape index (κ1) is 10.0. The molecule has 7 heteroatoms. The zero-order valence-electron chi connectivity index (χ0n) is 9.23. The van der Waals surface area contributed by atoms with Crippen LogP contribution in [0.3, 0.4) is 0 Å². The minimum atomic E-state index is 0.0236. The van der Waals surface area contributed by atoms with E-state index in [1.54, 1.807) is 0 Å². The average molecular weight is 232 g/mol. The van der Waals surface area contributed by atoms with Crippen molar-refractivity contribution in [3.63, 3.8) is 0 Å². The van der Waals surface area contributed by atoms with Crippen LogP contribution in [0, 0.1) is 0 Å². The number of hydrogen-bond donors (Lipinski definition) is 0. The van der Waals surface area contributed by atoms with Gasteiger partial charge < -0.3 is 9.47 Å². The molecule has 0 fully saturated rings. The quantitative estimate of drug-likeness (QED) is 0.701. The van der Waals surface area contributed by atoms with Crippen molar-refractivity contribution in [1.82, 2.24) is 29.7 Å². The Hall–Kier alpha value is -2.18. The van der Waals surface area contributed by atoms with E-state index in [0.29, 0.717) is 6.54 Å². The monoisotopic (exact) mass is 232 g/mol. The summed E-state index contributed by atoms with van der Waals surface area (Å²) in [6.45, 7) is 2.38. The van der Waals surface area contributed by atoms with E-state index in [9.17, 15) is 4.79 Å². The first-order valence-electron chi connectivity index (χ1n) is 5.45. The first-order valence-corrected chi connectivity index (χ1v) is 5.45. The summed E-state index contributed by atoms with van der Waals surface area (Å²) < 4.78 is 2.16. The van der Waals surface area contributed by atoms with Crippen molar-refractivity contribution in [2.45, 2.75) is 19.6 Å². The van der Waals surface area contributed by atoms with Gasteiger partial charge in [0.15, 0.2) is 6.33 Å². The van der Waals surface area contributed by atoms with Crippen LogP contribution in [0.4, 0.5) is 0 Å². The van der Waals surface area contributed by atoms with Crippen molar-refractivity contribution in [2.75, 3.05) is 6.54 Å². The Balaban J connectivity index is 1.68. The highest BCUT2D eigenvalue weighted by Gasteiger charge is 2.20. The van der Waals surface area contributed by atoms with Crippen LogP contribution in [-0.2, 0) is 24.4 Å². The lowest BCUT2D eigenvalue weighted by Gasteiger charge is -2.28. The van der Waals surface area contributed by atoms with Crippen LogP contribution < -0.4 is 0 Å². The highest BCUT2D eigenvalue weighted by Crippen LogP contribution is 2.12. The SMILES string of the molecule is O=C(Cn1ncnn1)N1CCn2cccc2C1. The third-order valence-electron chi connectivity index (χ3n) is 2.91. The summed E-state index contributed by atoms with van der Waals surface area (Å²) in [5, 5.41) is 11.1. The zero-order chi connectivity index (χ0) is 11.7. The van der Waals surface area contributed by atoms with Gasteiger partial charge in [-0.25, -0.2) is 0 Å². The van der Waals surface area contributed by atoms with Gasteiger partial charge in [-0.3, -0.25) is 4.79 Å². The fourth-order valence-electron chi connectivity index (χ4n) is 2.01. The molecule has 3 heterocycles. The molecule has 1 amide bonds. The number of aromatic nitrogens is 5. The molecule has 17 heavy (non-hydrogen) atoms. The van der Waals surface area contributed by atoms with E-state index in [-0.39, 0.29) is 12.5 Å². The van der Waals surface area contributed by atoms with Gasteiger partial charge in [0.05, 0.1) is 6.54 Å². The second-order valence-corrected chi connectivity index (χ2v) is 3.97. The summed E-state index contributed by atoms with van der Waals surface area (Å²) in [4.78, 5) is 15.1. The number of nitrogens with zero attached hydrogens (tertiary/aromatic N) is 6. The molecule has 1 aliphatic heterocycles. The second-order valence-electron chi connectivity index (χ2n) is 3.97. The molecule has 0 saturated heterocycles. The third-order valence-corrected chi connectivity index (χ3v) is 2.91. The number of tetrazole rings is 1. The van der Waals surface area contributed by atoms with Gasteiger partial charge in [-0.2, -0.15) is 4.80 Å². The Bertz CT molecular complexity index is 517. The van der Waals surface area contributed by atoms with Crippen LogP contribution in [0.1, 0.15) is 5.69 Å². The van der Waals surface area contributed by atoms with Gasteiger partial charge in [0.1, 0.15) is 6.54 Å². The molecule has 0 spiro atoms. The van der Waals surface area contributed by atoms with Crippen LogP contribution in [0.15, 0.2) is 24.7 Å². The normalized spacial score (nSPS) is 14.7. The molecule has 0 aromatic carbocycles. The maximum absolute atomic E-state index is 12.0. The van der Waals surface area contributed by atoms with E-state index < -0.39 is 0 Å². The summed E-state index contributed by atoms with van der Waals surface area (Å²) in [6, 6.07) is 4.04. The number of carbonyl (C=O) groups excluding carboxylic acids is 1. The number of fused-ring (bicyclic) bond motifs is 1. The molecule has 0 atom stereocenters. The van der Waals surface area contributed by atoms with Crippen molar-refractivity contribution >= 4 is 5.91 Å². The Kier molecular flexibility index (Phi) is 2.36. The molecule has 0 radical (unpaired) electrons. The van der Waals surface area contributed by atoms with Crippen LogP contribution in [0.5, 0.6) is 0 Å². The number of carbonyl (C=O) groups is 1. The lowest BCUT2D eigenvalue weighted by atomic mass is 10.3. The molecule has 0 aliphatic carbocycles. The van der Waals surface area contributed by atoms with Gasteiger partial charge in [-0.05, 0) is 17.3 Å². The minimum absolute atomic E-state index is 0.0236. The summed E-state index contributed by atoms with van der Waals surface area (Å²) in [7, 11) is 0. The van der Waals surface area contributed by atoms with E-state index in [4.69, 9.17) is 0 Å². The number of rotatable bonds is 2. The molecule has 0 unspecified atom stereocenters. The number of hydrogen-bond acceptors (Lipinski definition) is 4. The minimum Gasteiger partial charge on any atom is -0.348 e. The van der Waals surface area contributed by atoms with Gasteiger partial charge in [0.2, 0.25) is 5.91 Å². The molecule has 0 saturated carbocycles. The Morgan fingerprint density at radius 3 is 3.18 bits per heavy atom. The lowest BCUT2D eigenvalue weighted by molar-refractivity contribution is -0.133. The molecular weight excluding hydrogens is 220 g/mol. The van der Waals surface area contributed by atoms with Crippen molar-refractivity contribution in [1.29, 1.82) is 0 Å². The molecule has 2 aromatic rings. The maximum Gasteiger partial charge on any atom is 0.246 e. The van der Waals surface area contributed by atoms with Crippen molar-refractivity contribution in [3.05, 3.63) is 30.4 Å². The predicted molar refractivity (Wildman–Crippen MR) is 57.7 cm³/mol. The summed E-state index contributed by atoms with van der Waals surface area (Å²) in [5.74, 6) is 0.0236. The fourth-order valence-corrected chi connectivity index (χ4v) is 2.01. The first-order chi connectivity index (χ1) is 8.33. The van der Waals surface area contributed by atoms with Crippen LogP contribution in [-0.4, -0.2) is 42.1 Å². The molecule has 0 bridgehead atoms. The van der Waals surface area contributed by atoms with Crippen molar-refractivity contribution in [3.8, 4) is 0 Å². The van der Waals surface area contributed by atoms with Crippen molar-refractivity contribution in [2.24, 2.45) is 0 Å². The van der Waals surface area contributed by atoms with E-state index in [1.165, 1.54) is 11.1 Å². The summed E-state index contributed by atoms with van der Waals surface area (Å²) in [6.07, 6.45) is 3.37. The lowest BCUT2D eigenvalue weighted by Crippen LogP contribution is -2.40. The molecular formula is C10H12N6O. The largest absolute Gasteiger partial charge is 0.348 e. The summed E-state index contributed by atoms with van der Waals surface area (Å²) >= 11 is 0. The Morgan fingerprint density at radius 2 is 2.35 bits per heavy atom. The molecule has 2 aromatic heterocycles. The molecule has 3 rings (SSSR count). The van der Waals surface area contributed by atoms with E-state index in [1.807, 2.05) is 23.2 Å². The smallest absolute Gasteiger partial charge is 0.246 e. The fraction of sp³-hybridized carbons (Fsp3) is 0.400. The van der Waals surface area contributed by atoms with Gasteiger partial charge >= 0.3 is 0 Å². The molecule has 7 nitrogen and oxygen atoms in total. The van der Waals surface area contributed by atoms with Gasteiger partial charge in [0.25, 0.3) is 0 Å². The second kappa shape index (κ2) is 4.00. The van der Waals surface area contributed by atoms with Gasteiger partial charge in [-0.1, -0.05) is 0 Å². The highest BCUT2D eigenvalue weighted by molar-refractivity contribution is 5.75. The van der Waals surface area contributed by atoms with Crippen molar-refractivity contribution < 1.29 is 4.79 Å². The van der Waals surface area contributed by atoms with Gasteiger partial charge in [0, 0.05) is 25.0 Å². The van der Waals surface area contributed by atoms with E-state index >= 15 is 0 Å². The van der Waals surface area contributed by atoms with Crippen LogP contribution in [0.25, 0.3) is 0 Å². The molecule has 0 N–H and O–H groups in total. The predicted octanol–water partition coefficient (Wildman–Crippen LogP) is -0.483. The highest BCUT2D eigenvalue weighted by atomic mass is 16.2. The number of amides is 1. The Morgan fingerprint density at radius 1 is 1.41 bits per heavy atom.